The minimum absolute atomic E-state index is 0.0320. The Morgan fingerprint density at radius 1 is 1.14 bits per heavy atom. The first-order chi connectivity index (χ1) is 16.6. The second kappa shape index (κ2) is 12.4. The minimum Gasteiger partial charge on any atom is -0.342 e. The van der Waals surface area contributed by atoms with E-state index in [-0.39, 0.29) is 28.5 Å². The molecular formula is C24H26Cl2IN5O2S. The number of nitrogens with one attached hydrogen (secondary N) is 2. The predicted octanol–water partition coefficient (Wildman–Crippen LogP) is 6.38. The van der Waals surface area contributed by atoms with Gasteiger partial charge in [-0.25, -0.2) is 0 Å². The van der Waals surface area contributed by atoms with E-state index in [4.69, 9.17) is 23.2 Å². The molecule has 2 aromatic carbocycles. The molecule has 0 fully saturated rings. The zero-order valence-corrected chi connectivity index (χ0v) is 24.2. The van der Waals surface area contributed by atoms with Crippen LogP contribution in [0.3, 0.4) is 0 Å². The van der Waals surface area contributed by atoms with Crippen LogP contribution in [0.4, 0.5) is 5.69 Å². The first-order valence-electron chi connectivity index (χ1n) is 11.0. The van der Waals surface area contributed by atoms with Gasteiger partial charge in [-0.3, -0.25) is 9.59 Å². The predicted molar refractivity (Wildman–Crippen MR) is 150 cm³/mol. The molecule has 0 aliphatic rings. The number of carbonyl (C=O) groups excluding carboxylic acids is 2. The Morgan fingerprint density at radius 3 is 2.51 bits per heavy atom. The number of rotatable bonds is 9. The molecule has 3 aromatic rings. The van der Waals surface area contributed by atoms with Crippen LogP contribution in [-0.4, -0.2) is 32.3 Å². The van der Waals surface area contributed by atoms with Gasteiger partial charge < -0.3 is 15.2 Å². The molecule has 0 saturated heterocycles. The SMILES string of the molecule is CCn1c(SCC(=O)Nc2ccc(I)cc2C)nnc1[C@@H](NC(=O)c1ccc(Cl)cc1Cl)C(C)C. The Labute approximate surface area is 232 Å². The van der Waals surface area contributed by atoms with E-state index in [1.165, 1.54) is 17.8 Å². The zero-order valence-electron chi connectivity index (χ0n) is 19.7. The van der Waals surface area contributed by atoms with Crippen LogP contribution in [0.25, 0.3) is 0 Å². The molecule has 0 unspecified atom stereocenters. The van der Waals surface area contributed by atoms with Gasteiger partial charge in [-0.15, -0.1) is 10.2 Å². The molecule has 0 aliphatic carbocycles. The summed E-state index contributed by atoms with van der Waals surface area (Å²) in [5.74, 6) is 0.389. The van der Waals surface area contributed by atoms with Crippen molar-refractivity contribution in [2.24, 2.45) is 5.92 Å². The topological polar surface area (TPSA) is 88.9 Å². The number of anilines is 1. The average Bonchev–Trinajstić information content (AvgIpc) is 3.20. The van der Waals surface area contributed by atoms with Gasteiger partial charge in [0.15, 0.2) is 11.0 Å². The molecule has 1 heterocycles. The minimum atomic E-state index is -0.403. The lowest BCUT2D eigenvalue weighted by Crippen LogP contribution is -2.34. The van der Waals surface area contributed by atoms with Crippen LogP contribution in [0.5, 0.6) is 0 Å². The van der Waals surface area contributed by atoms with Gasteiger partial charge in [0.1, 0.15) is 0 Å². The fourth-order valence-corrected chi connectivity index (χ4v) is 5.39. The van der Waals surface area contributed by atoms with E-state index in [2.05, 4.69) is 43.4 Å². The van der Waals surface area contributed by atoms with Crippen molar-refractivity contribution < 1.29 is 9.59 Å². The van der Waals surface area contributed by atoms with Crippen molar-refractivity contribution in [2.45, 2.75) is 45.4 Å². The molecule has 11 heteroatoms. The highest BCUT2D eigenvalue weighted by atomic mass is 127. The van der Waals surface area contributed by atoms with Crippen LogP contribution in [0.1, 0.15) is 48.6 Å². The smallest absolute Gasteiger partial charge is 0.253 e. The molecule has 0 saturated carbocycles. The van der Waals surface area contributed by atoms with Crippen molar-refractivity contribution in [3.05, 3.63) is 67.0 Å². The Balaban J connectivity index is 1.73. The highest BCUT2D eigenvalue weighted by Crippen LogP contribution is 2.27. The van der Waals surface area contributed by atoms with Crippen molar-refractivity contribution in [3.8, 4) is 0 Å². The lowest BCUT2D eigenvalue weighted by atomic mass is 10.0. The van der Waals surface area contributed by atoms with Gasteiger partial charge in [-0.1, -0.05) is 48.8 Å². The normalized spacial score (nSPS) is 12.0. The average molecular weight is 646 g/mol. The third-order valence-electron chi connectivity index (χ3n) is 5.26. The molecule has 0 radical (unpaired) electrons. The molecule has 2 N–H and O–H groups in total. The fraction of sp³-hybridized carbons (Fsp3) is 0.333. The lowest BCUT2D eigenvalue weighted by molar-refractivity contribution is -0.113. The number of halogens is 3. The van der Waals surface area contributed by atoms with Gasteiger partial charge in [0.25, 0.3) is 5.91 Å². The van der Waals surface area contributed by atoms with Crippen LogP contribution >= 0.6 is 57.6 Å². The number of thioether (sulfide) groups is 1. The molecule has 7 nitrogen and oxygen atoms in total. The van der Waals surface area contributed by atoms with E-state index in [1.54, 1.807) is 12.1 Å². The summed E-state index contributed by atoms with van der Waals surface area (Å²) in [6.07, 6.45) is 0. The zero-order chi connectivity index (χ0) is 25.7. The van der Waals surface area contributed by atoms with Gasteiger partial charge in [0.05, 0.1) is 22.4 Å². The number of hydrogen-bond acceptors (Lipinski definition) is 5. The number of aryl methyl sites for hydroxylation is 1. The number of aromatic nitrogens is 3. The highest BCUT2D eigenvalue weighted by Gasteiger charge is 2.27. The quantitative estimate of drug-likeness (QED) is 0.208. The van der Waals surface area contributed by atoms with E-state index in [0.29, 0.717) is 28.1 Å². The summed E-state index contributed by atoms with van der Waals surface area (Å²) < 4.78 is 3.03. The molecule has 186 valence electrons. The molecule has 1 atom stereocenters. The summed E-state index contributed by atoms with van der Waals surface area (Å²) in [5.41, 5.74) is 2.13. The van der Waals surface area contributed by atoms with Crippen molar-refractivity contribution >= 4 is 75.1 Å². The van der Waals surface area contributed by atoms with Crippen molar-refractivity contribution in [1.82, 2.24) is 20.1 Å². The number of benzene rings is 2. The third-order valence-corrected chi connectivity index (χ3v) is 7.45. The van der Waals surface area contributed by atoms with Crippen molar-refractivity contribution in [3.63, 3.8) is 0 Å². The molecule has 0 spiro atoms. The number of hydrogen-bond donors (Lipinski definition) is 2. The van der Waals surface area contributed by atoms with Crippen molar-refractivity contribution in [1.29, 1.82) is 0 Å². The molecule has 0 bridgehead atoms. The maximum absolute atomic E-state index is 13.0. The second-order valence-electron chi connectivity index (χ2n) is 8.20. The maximum atomic E-state index is 13.0. The van der Waals surface area contributed by atoms with Gasteiger partial charge in [-0.05, 0) is 84.3 Å². The van der Waals surface area contributed by atoms with E-state index < -0.39 is 6.04 Å². The summed E-state index contributed by atoms with van der Waals surface area (Å²) in [7, 11) is 0. The van der Waals surface area contributed by atoms with Crippen LogP contribution in [0.15, 0.2) is 41.6 Å². The molecule has 1 aromatic heterocycles. The second-order valence-corrected chi connectivity index (χ2v) is 11.2. The van der Waals surface area contributed by atoms with Gasteiger partial charge in [0, 0.05) is 20.8 Å². The third kappa shape index (κ3) is 7.12. The summed E-state index contributed by atoms with van der Waals surface area (Å²) in [5, 5.41) is 16.0. The Morgan fingerprint density at radius 2 is 1.89 bits per heavy atom. The van der Waals surface area contributed by atoms with Crippen LogP contribution < -0.4 is 10.6 Å². The van der Waals surface area contributed by atoms with E-state index >= 15 is 0 Å². The Kier molecular flexibility index (Phi) is 9.86. The Hall–Kier alpha value is -1.82. The Bertz CT molecular complexity index is 1230. The number of carbonyl (C=O) groups is 2. The number of nitrogens with zero attached hydrogens (tertiary/aromatic N) is 3. The fourth-order valence-electron chi connectivity index (χ4n) is 3.44. The van der Waals surface area contributed by atoms with E-state index in [0.717, 1.165) is 14.8 Å². The van der Waals surface area contributed by atoms with E-state index in [9.17, 15) is 9.59 Å². The van der Waals surface area contributed by atoms with Crippen LogP contribution in [0, 0.1) is 16.4 Å². The van der Waals surface area contributed by atoms with Crippen LogP contribution in [0.2, 0.25) is 10.0 Å². The van der Waals surface area contributed by atoms with Gasteiger partial charge >= 0.3 is 0 Å². The van der Waals surface area contributed by atoms with Gasteiger partial charge in [-0.2, -0.15) is 0 Å². The molecule has 2 amide bonds. The summed E-state index contributed by atoms with van der Waals surface area (Å²) in [6, 6.07) is 10.2. The maximum Gasteiger partial charge on any atom is 0.253 e. The molecule has 0 aliphatic heterocycles. The number of amides is 2. The van der Waals surface area contributed by atoms with Crippen LogP contribution in [-0.2, 0) is 11.3 Å². The monoisotopic (exact) mass is 645 g/mol. The highest BCUT2D eigenvalue weighted by molar-refractivity contribution is 14.1. The first kappa shape index (κ1) is 27.8. The first-order valence-corrected chi connectivity index (χ1v) is 13.8. The van der Waals surface area contributed by atoms with E-state index in [1.807, 2.05) is 50.5 Å². The molecule has 3 rings (SSSR count). The summed E-state index contributed by atoms with van der Waals surface area (Å²) >= 11 is 15.7. The van der Waals surface area contributed by atoms with Gasteiger partial charge in [0.2, 0.25) is 5.91 Å². The lowest BCUT2D eigenvalue weighted by Gasteiger charge is -2.22. The summed E-state index contributed by atoms with van der Waals surface area (Å²) in [4.78, 5) is 25.5. The summed E-state index contributed by atoms with van der Waals surface area (Å²) in [6.45, 7) is 8.51. The standard InChI is InChI=1S/C24H26Cl2IN5O2S/c1-5-32-22(21(13(2)3)29-23(34)17-8-6-15(25)11-18(17)26)30-31-24(32)35-12-20(33)28-19-9-7-16(27)10-14(19)4/h6-11,13,21H,5,12H2,1-4H3,(H,28,33)(H,29,34)/t21-/m0/s1. The van der Waals surface area contributed by atoms with Crippen molar-refractivity contribution in [2.75, 3.05) is 11.1 Å². The molecule has 35 heavy (non-hydrogen) atoms. The largest absolute Gasteiger partial charge is 0.342 e. The molecular weight excluding hydrogens is 620 g/mol.